The van der Waals surface area contributed by atoms with E-state index >= 15 is 0 Å². The van der Waals surface area contributed by atoms with Crippen LogP contribution in [0.4, 0.5) is 5.95 Å². The SMILES string of the molecule is CCNc1nc(C)cn1CCc1cccnc1. The molecule has 2 rings (SSSR count). The molecule has 0 saturated carbocycles. The summed E-state index contributed by atoms with van der Waals surface area (Å²) in [7, 11) is 0. The second kappa shape index (κ2) is 5.48. The van der Waals surface area contributed by atoms with Crippen molar-refractivity contribution in [2.24, 2.45) is 0 Å². The van der Waals surface area contributed by atoms with E-state index in [1.54, 1.807) is 6.20 Å². The topological polar surface area (TPSA) is 42.7 Å². The van der Waals surface area contributed by atoms with Crippen LogP contribution in [-0.2, 0) is 13.0 Å². The molecule has 0 amide bonds. The van der Waals surface area contributed by atoms with Gasteiger partial charge in [-0.15, -0.1) is 0 Å². The van der Waals surface area contributed by atoms with Gasteiger partial charge in [0.25, 0.3) is 0 Å². The Morgan fingerprint density at radius 3 is 3.00 bits per heavy atom. The van der Waals surface area contributed by atoms with E-state index < -0.39 is 0 Å². The number of aromatic nitrogens is 3. The minimum absolute atomic E-state index is 0.892. The fourth-order valence-corrected chi connectivity index (χ4v) is 1.81. The van der Waals surface area contributed by atoms with Gasteiger partial charge >= 0.3 is 0 Å². The molecular weight excluding hydrogens is 212 g/mol. The van der Waals surface area contributed by atoms with Crippen LogP contribution < -0.4 is 5.32 Å². The van der Waals surface area contributed by atoms with Crippen LogP contribution in [0.1, 0.15) is 18.2 Å². The molecule has 0 aliphatic carbocycles. The smallest absolute Gasteiger partial charge is 0.203 e. The first-order valence-electron chi connectivity index (χ1n) is 5.96. The third-order valence-electron chi connectivity index (χ3n) is 2.60. The Kier molecular flexibility index (Phi) is 3.75. The quantitative estimate of drug-likeness (QED) is 0.856. The van der Waals surface area contributed by atoms with E-state index in [0.29, 0.717) is 0 Å². The van der Waals surface area contributed by atoms with E-state index in [2.05, 4.69) is 39.0 Å². The van der Waals surface area contributed by atoms with E-state index in [-0.39, 0.29) is 0 Å². The predicted octanol–water partition coefficient (Wildman–Crippen LogP) is 2.26. The summed E-state index contributed by atoms with van der Waals surface area (Å²) in [5, 5.41) is 3.27. The molecule has 0 saturated heterocycles. The van der Waals surface area contributed by atoms with Crippen LogP contribution >= 0.6 is 0 Å². The van der Waals surface area contributed by atoms with Crippen LogP contribution in [0.3, 0.4) is 0 Å². The average molecular weight is 230 g/mol. The molecule has 2 heterocycles. The maximum atomic E-state index is 4.45. The van der Waals surface area contributed by atoms with Gasteiger partial charge in [0.05, 0.1) is 5.69 Å². The molecule has 1 N–H and O–H groups in total. The summed E-state index contributed by atoms with van der Waals surface area (Å²) in [6, 6.07) is 4.07. The molecule has 0 aromatic carbocycles. The van der Waals surface area contributed by atoms with Gasteiger partial charge in [-0.3, -0.25) is 4.98 Å². The zero-order valence-electron chi connectivity index (χ0n) is 10.3. The van der Waals surface area contributed by atoms with Crippen molar-refractivity contribution in [2.45, 2.75) is 26.8 Å². The Morgan fingerprint density at radius 1 is 1.41 bits per heavy atom. The highest BCUT2D eigenvalue weighted by atomic mass is 15.2. The molecule has 0 aliphatic heterocycles. The van der Waals surface area contributed by atoms with Crippen LogP contribution in [0.15, 0.2) is 30.7 Å². The van der Waals surface area contributed by atoms with Gasteiger partial charge in [0.2, 0.25) is 5.95 Å². The van der Waals surface area contributed by atoms with Crippen LogP contribution in [0.2, 0.25) is 0 Å². The van der Waals surface area contributed by atoms with E-state index in [1.807, 2.05) is 19.2 Å². The third kappa shape index (κ3) is 3.06. The monoisotopic (exact) mass is 230 g/mol. The molecule has 2 aromatic heterocycles. The highest BCUT2D eigenvalue weighted by molar-refractivity contribution is 5.28. The number of hydrogen-bond donors (Lipinski definition) is 1. The molecule has 0 unspecified atom stereocenters. The summed E-state index contributed by atoms with van der Waals surface area (Å²) in [6.07, 6.45) is 6.77. The van der Waals surface area contributed by atoms with Crippen LogP contribution in [0, 0.1) is 6.92 Å². The zero-order chi connectivity index (χ0) is 12.1. The van der Waals surface area contributed by atoms with Crippen molar-refractivity contribution in [3.63, 3.8) is 0 Å². The lowest BCUT2D eigenvalue weighted by molar-refractivity contribution is 0.698. The number of aryl methyl sites for hydroxylation is 3. The summed E-state index contributed by atoms with van der Waals surface area (Å²) in [5.74, 6) is 0.953. The van der Waals surface area contributed by atoms with Gasteiger partial charge in [-0.1, -0.05) is 6.07 Å². The van der Waals surface area contributed by atoms with E-state index in [0.717, 1.165) is 31.2 Å². The van der Waals surface area contributed by atoms with E-state index in [9.17, 15) is 0 Å². The van der Waals surface area contributed by atoms with Crippen molar-refractivity contribution >= 4 is 5.95 Å². The Balaban J connectivity index is 2.03. The molecule has 90 valence electrons. The lowest BCUT2D eigenvalue weighted by Gasteiger charge is -2.07. The number of rotatable bonds is 5. The summed E-state index contributed by atoms with van der Waals surface area (Å²) in [5.41, 5.74) is 2.30. The summed E-state index contributed by atoms with van der Waals surface area (Å²) in [6.45, 7) is 5.91. The first kappa shape index (κ1) is 11.6. The van der Waals surface area contributed by atoms with E-state index in [1.165, 1.54) is 5.56 Å². The number of anilines is 1. The van der Waals surface area contributed by atoms with Gasteiger partial charge in [0, 0.05) is 31.7 Å². The number of imidazole rings is 1. The van der Waals surface area contributed by atoms with Crippen molar-refractivity contribution in [2.75, 3.05) is 11.9 Å². The second-order valence-electron chi connectivity index (χ2n) is 4.04. The van der Waals surface area contributed by atoms with Crippen molar-refractivity contribution in [3.8, 4) is 0 Å². The van der Waals surface area contributed by atoms with Crippen molar-refractivity contribution in [3.05, 3.63) is 42.0 Å². The molecule has 0 spiro atoms. The Hall–Kier alpha value is -1.84. The van der Waals surface area contributed by atoms with Gasteiger partial charge in [0.15, 0.2) is 0 Å². The maximum absolute atomic E-state index is 4.45. The molecule has 0 atom stereocenters. The normalized spacial score (nSPS) is 10.5. The number of nitrogens with one attached hydrogen (secondary N) is 1. The van der Waals surface area contributed by atoms with Gasteiger partial charge in [-0.05, 0) is 31.9 Å². The molecule has 0 fully saturated rings. The molecule has 17 heavy (non-hydrogen) atoms. The highest BCUT2D eigenvalue weighted by Crippen LogP contribution is 2.09. The Bertz CT molecular complexity index is 462. The first-order valence-corrected chi connectivity index (χ1v) is 5.96. The molecule has 0 radical (unpaired) electrons. The molecule has 2 aromatic rings. The standard InChI is InChI=1S/C13H18N4/c1-3-15-13-16-11(2)10-17(13)8-6-12-5-4-7-14-9-12/h4-5,7,9-10H,3,6,8H2,1-2H3,(H,15,16). The number of nitrogens with zero attached hydrogens (tertiary/aromatic N) is 3. The van der Waals surface area contributed by atoms with Gasteiger partial charge in [-0.2, -0.15) is 0 Å². The summed E-state index contributed by atoms with van der Waals surface area (Å²) < 4.78 is 2.16. The largest absolute Gasteiger partial charge is 0.356 e. The minimum atomic E-state index is 0.892. The highest BCUT2D eigenvalue weighted by Gasteiger charge is 2.04. The van der Waals surface area contributed by atoms with Crippen LogP contribution in [0.25, 0.3) is 0 Å². The lowest BCUT2D eigenvalue weighted by atomic mass is 10.2. The van der Waals surface area contributed by atoms with E-state index in [4.69, 9.17) is 0 Å². The summed E-state index contributed by atoms with van der Waals surface area (Å²) in [4.78, 5) is 8.57. The van der Waals surface area contributed by atoms with Crippen molar-refractivity contribution < 1.29 is 0 Å². The Morgan fingerprint density at radius 2 is 2.29 bits per heavy atom. The lowest BCUT2D eigenvalue weighted by Crippen LogP contribution is -2.08. The Labute approximate surface area is 102 Å². The fraction of sp³-hybridized carbons (Fsp3) is 0.385. The van der Waals surface area contributed by atoms with Crippen LogP contribution in [-0.4, -0.2) is 21.1 Å². The molecule has 4 nitrogen and oxygen atoms in total. The molecule has 0 aliphatic rings. The zero-order valence-corrected chi connectivity index (χ0v) is 10.3. The van der Waals surface area contributed by atoms with Gasteiger partial charge < -0.3 is 9.88 Å². The molecule has 4 heteroatoms. The van der Waals surface area contributed by atoms with Gasteiger partial charge in [0.1, 0.15) is 0 Å². The number of pyridine rings is 1. The fourth-order valence-electron chi connectivity index (χ4n) is 1.81. The predicted molar refractivity (Wildman–Crippen MR) is 69.1 cm³/mol. The summed E-state index contributed by atoms with van der Waals surface area (Å²) >= 11 is 0. The second-order valence-corrected chi connectivity index (χ2v) is 4.04. The average Bonchev–Trinajstić information content (AvgIpc) is 2.69. The van der Waals surface area contributed by atoms with Crippen molar-refractivity contribution in [1.82, 2.24) is 14.5 Å². The molecular formula is C13H18N4. The first-order chi connectivity index (χ1) is 8.29. The minimum Gasteiger partial charge on any atom is -0.356 e. The molecule has 0 bridgehead atoms. The number of hydrogen-bond acceptors (Lipinski definition) is 3. The van der Waals surface area contributed by atoms with Crippen LogP contribution in [0.5, 0.6) is 0 Å². The van der Waals surface area contributed by atoms with Crippen molar-refractivity contribution in [1.29, 1.82) is 0 Å². The third-order valence-corrected chi connectivity index (χ3v) is 2.60. The van der Waals surface area contributed by atoms with Gasteiger partial charge in [-0.25, -0.2) is 4.98 Å². The maximum Gasteiger partial charge on any atom is 0.203 e.